The molecule has 0 bridgehead atoms. The Bertz CT molecular complexity index is 470. The molecule has 2 aromatic rings. The van der Waals surface area contributed by atoms with Gasteiger partial charge in [0.1, 0.15) is 5.82 Å². The van der Waals surface area contributed by atoms with Crippen LogP contribution in [0.25, 0.3) is 0 Å². The molecule has 0 aliphatic rings. The van der Waals surface area contributed by atoms with E-state index in [0.29, 0.717) is 0 Å². The minimum absolute atomic E-state index is 0.844. The molecule has 2 heterocycles. The van der Waals surface area contributed by atoms with Crippen molar-refractivity contribution in [1.29, 1.82) is 0 Å². The van der Waals surface area contributed by atoms with Crippen LogP contribution in [0.15, 0.2) is 30.7 Å². The summed E-state index contributed by atoms with van der Waals surface area (Å²) in [6.07, 6.45) is 7.20. The first kappa shape index (κ1) is 12.9. The summed E-state index contributed by atoms with van der Waals surface area (Å²) in [6, 6.07) is 4.27. The van der Waals surface area contributed by atoms with E-state index in [1.165, 1.54) is 12.1 Å². The molecule has 1 N–H and O–H groups in total. The molecule has 0 atom stereocenters. The van der Waals surface area contributed by atoms with Crippen LogP contribution >= 0.6 is 0 Å². The standard InChI is InChI=1S/C14H22N4/c1-3-7-15-11-13-6-5-9-18(13)12-14-16-8-10-17(14)4-2/h5-6,8-10,15H,3-4,7,11-12H2,1-2H3. The van der Waals surface area contributed by atoms with Crippen molar-refractivity contribution >= 4 is 0 Å². The highest BCUT2D eigenvalue weighted by Crippen LogP contribution is 2.07. The Morgan fingerprint density at radius 1 is 1.22 bits per heavy atom. The first-order valence-electron chi connectivity index (χ1n) is 6.69. The van der Waals surface area contributed by atoms with E-state index in [-0.39, 0.29) is 0 Å². The third-order valence-electron chi connectivity index (χ3n) is 3.11. The van der Waals surface area contributed by atoms with E-state index in [9.17, 15) is 0 Å². The van der Waals surface area contributed by atoms with Gasteiger partial charge in [0.05, 0.1) is 6.54 Å². The fourth-order valence-electron chi connectivity index (χ4n) is 2.09. The Hall–Kier alpha value is -1.55. The summed E-state index contributed by atoms with van der Waals surface area (Å²) in [5.74, 6) is 1.12. The van der Waals surface area contributed by atoms with Crippen LogP contribution in [0.3, 0.4) is 0 Å². The van der Waals surface area contributed by atoms with Crippen molar-refractivity contribution in [3.63, 3.8) is 0 Å². The van der Waals surface area contributed by atoms with Gasteiger partial charge in [0.2, 0.25) is 0 Å². The van der Waals surface area contributed by atoms with Gasteiger partial charge in [0, 0.05) is 37.4 Å². The average Bonchev–Trinajstić information content (AvgIpc) is 3.00. The number of rotatable bonds is 7. The summed E-state index contributed by atoms with van der Waals surface area (Å²) in [6.45, 7) is 8.13. The summed E-state index contributed by atoms with van der Waals surface area (Å²) in [5.41, 5.74) is 1.31. The smallest absolute Gasteiger partial charge is 0.128 e. The van der Waals surface area contributed by atoms with E-state index in [0.717, 1.165) is 32.0 Å². The molecule has 0 fully saturated rings. The fraction of sp³-hybridized carbons (Fsp3) is 0.500. The Morgan fingerprint density at radius 3 is 2.89 bits per heavy atom. The second-order valence-corrected chi connectivity index (χ2v) is 4.43. The summed E-state index contributed by atoms with van der Waals surface area (Å²) in [4.78, 5) is 4.42. The molecule has 0 unspecified atom stereocenters. The van der Waals surface area contributed by atoms with Crippen molar-refractivity contribution in [1.82, 2.24) is 19.4 Å². The van der Waals surface area contributed by atoms with Gasteiger partial charge in [-0.05, 0) is 32.0 Å². The van der Waals surface area contributed by atoms with Gasteiger partial charge in [-0.1, -0.05) is 6.92 Å². The summed E-state index contributed by atoms with van der Waals surface area (Å²) >= 11 is 0. The van der Waals surface area contributed by atoms with Crippen molar-refractivity contribution in [2.45, 2.75) is 39.9 Å². The maximum absolute atomic E-state index is 4.42. The molecule has 4 heteroatoms. The molecular formula is C14H22N4. The van der Waals surface area contributed by atoms with Crippen molar-refractivity contribution < 1.29 is 0 Å². The minimum Gasteiger partial charge on any atom is -0.343 e. The van der Waals surface area contributed by atoms with E-state index < -0.39 is 0 Å². The highest BCUT2D eigenvalue weighted by Gasteiger charge is 2.05. The molecule has 2 aromatic heterocycles. The minimum atomic E-state index is 0.844. The van der Waals surface area contributed by atoms with Gasteiger partial charge in [-0.25, -0.2) is 4.98 Å². The van der Waals surface area contributed by atoms with Crippen LogP contribution in [0.4, 0.5) is 0 Å². The van der Waals surface area contributed by atoms with Crippen molar-refractivity contribution in [3.05, 3.63) is 42.2 Å². The topological polar surface area (TPSA) is 34.8 Å². The van der Waals surface area contributed by atoms with Gasteiger partial charge in [-0.2, -0.15) is 0 Å². The second-order valence-electron chi connectivity index (χ2n) is 4.43. The Morgan fingerprint density at radius 2 is 2.11 bits per heavy atom. The van der Waals surface area contributed by atoms with E-state index in [2.05, 4.69) is 51.6 Å². The molecule has 0 saturated carbocycles. The Kier molecular flexibility index (Phi) is 4.59. The third-order valence-corrected chi connectivity index (χ3v) is 3.11. The van der Waals surface area contributed by atoms with Gasteiger partial charge < -0.3 is 14.5 Å². The largest absolute Gasteiger partial charge is 0.343 e. The van der Waals surface area contributed by atoms with Crippen LogP contribution in [-0.2, 0) is 19.6 Å². The molecule has 4 nitrogen and oxygen atoms in total. The number of aromatic nitrogens is 3. The first-order valence-corrected chi connectivity index (χ1v) is 6.69. The molecule has 2 rings (SSSR count). The molecule has 0 aromatic carbocycles. The van der Waals surface area contributed by atoms with E-state index >= 15 is 0 Å². The van der Waals surface area contributed by atoms with Crippen LogP contribution < -0.4 is 5.32 Å². The molecule has 0 spiro atoms. The zero-order valence-corrected chi connectivity index (χ0v) is 11.3. The zero-order chi connectivity index (χ0) is 12.8. The number of nitrogens with zero attached hydrogens (tertiary/aromatic N) is 3. The van der Waals surface area contributed by atoms with Crippen molar-refractivity contribution in [2.24, 2.45) is 0 Å². The van der Waals surface area contributed by atoms with Crippen LogP contribution in [0, 0.1) is 0 Å². The van der Waals surface area contributed by atoms with Crippen molar-refractivity contribution in [2.75, 3.05) is 6.54 Å². The van der Waals surface area contributed by atoms with Gasteiger partial charge >= 0.3 is 0 Å². The molecule has 0 radical (unpaired) electrons. The molecule has 0 aliphatic heterocycles. The predicted molar refractivity (Wildman–Crippen MR) is 73.4 cm³/mol. The Balaban J connectivity index is 2.03. The maximum atomic E-state index is 4.42. The lowest BCUT2D eigenvalue weighted by molar-refractivity contribution is 0.602. The SMILES string of the molecule is CCCNCc1cccn1Cc1nccn1CC. The quantitative estimate of drug-likeness (QED) is 0.760. The van der Waals surface area contributed by atoms with E-state index in [4.69, 9.17) is 0 Å². The molecule has 0 aliphatic carbocycles. The van der Waals surface area contributed by atoms with E-state index in [1.807, 2.05) is 12.4 Å². The normalized spacial score (nSPS) is 11.0. The summed E-state index contributed by atoms with van der Waals surface area (Å²) in [7, 11) is 0. The number of imidazole rings is 1. The molecule has 0 saturated heterocycles. The van der Waals surface area contributed by atoms with Crippen molar-refractivity contribution in [3.8, 4) is 0 Å². The van der Waals surface area contributed by atoms with Crippen LogP contribution in [0.5, 0.6) is 0 Å². The van der Waals surface area contributed by atoms with Gasteiger partial charge in [-0.3, -0.25) is 0 Å². The highest BCUT2D eigenvalue weighted by molar-refractivity contribution is 5.09. The summed E-state index contributed by atoms with van der Waals surface area (Å²) < 4.78 is 4.44. The van der Waals surface area contributed by atoms with Gasteiger partial charge in [-0.15, -0.1) is 0 Å². The first-order chi connectivity index (χ1) is 8.85. The number of nitrogens with one attached hydrogen (secondary N) is 1. The van der Waals surface area contributed by atoms with Crippen LogP contribution in [0.2, 0.25) is 0 Å². The van der Waals surface area contributed by atoms with Gasteiger partial charge in [0.25, 0.3) is 0 Å². The van der Waals surface area contributed by atoms with Gasteiger partial charge in [0.15, 0.2) is 0 Å². The van der Waals surface area contributed by atoms with Crippen LogP contribution in [0.1, 0.15) is 31.8 Å². The number of hydrogen-bond donors (Lipinski definition) is 1. The lowest BCUT2D eigenvalue weighted by Crippen LogP contribution is -2.17. The number of hydrogen-bond acceptors (Lipinski definition) is 2. The zero-order valence-electron chi connectivity index (χ0n) is 11.3. The van der Waals surface area contributed by atoms with Crippen LogP contribution in [-0.4, -0.2) is 20.7 Å². The third kappa shape index (κ3) is 3.01. The lowest BCUT2D eigenvalue weighted by Gasteiger charge is -2.11. The fourth-order valence-corrected chi connectivity index (χ4v) is 2.09. The Labute approximate surface area is 109 Å². The molecule has 98 valence electrons. The molecule has 18 heavy (non-hydrogen) atoms. The predicted octanol–water partition coefficient (Wildman–Crippen LogP) is 2.25. The maximum Gasteiger partial charge on any atom is 0.128 e. The number of aryl methyl sites for hydroxylation is 1. The van der Waals surface area contributed by atoms with E-state index in [1.54, 1.807) is 0 Å². The highest BCUT2D eigenvalue weighted by atomic mass is 15.1. The average molecular weight is 246 g/mol. The summed E-state index contributed by atoms with van der Waals surface area (Å²) in [5, 5.41) is 3.44. The molecule has 0 amide bonds. The monoisotopic (exact) mass is 246 g/mol. The lowest BCUT2D eigenvalue weighted by atomic mass is 10.4. The second kappa shape index (κ2) is 6.40. The molecular weight excluding hydrogens is 224 g/mol.